The molecule has 0 heterocycles. The first-order chi connectivity index (χ1) is 12.7. The number of nitrogens with one attached hydrogen (secondary N) is 1. The van der Waals surface area contributed by atoms with Crippen LogP contribution < -0.4 is 10.1 Å². The fourth-order valence-electron chi connectivity index (χ4n) is 2.36. The lowest BCUT2D eigenvalue weighted by molar-refractivity contribution is 0.0696. The van der Waals surface area contributed by atoms with Gasteiger partial charge in [-0.25, -0.2) is 4.79 Å². The molecule has 0 atom stereocenters. The summed E-state index contributed by atoms with van der Waals surface area (Å²) in [6, 6.07) is 10.6. The summed E-state index contributed by atoms with van der Waals surface area (Å²) in [5.74, 6) is -1.44. The number of anilines is 1. The van der Waals surface area contributed by atoms with Crippen LogP contribution in [0.1, 0.15) is 44.9 Å². The largest absolute Gasteiger partial charge is 0.489 e. The van der Waals surface area contributed by atoms with E-state index in [2.05, 4.69) is 5.32 Å². The van der Waals surface area contributed by atoms with Crippen molar-refractivity contribution in [3.8, 4) is 5.75 Å². The maximum absolute atomic E-state index is 12.6. The van der Waals surface area contributed by atoms with Crippen LogP contribution >= 0.6 is 0 Å². The number of carbonyl (C=O) groups is 3. The first-order valence-electron chi connectivity index (χ1n) is 8.36. The zero-order valence-corrected chi connectivity index (χ0v) is 15.6. The first kappa shape index (κ1) is 20.0. The Morgan fingerprint density at radius 1 is 1.00 bits per heavy atom. The molecular formula is C20H22N2O5. The molecule has 7 heteroatoms. The molecular weight excluding hydrogens is 348 g/mol. The number of nitrogens with zero attached hydrogens (tertiary/aromatic N) is 1. The van der Waals surface area contributed by atoms with Crippen LogP contribution in [-0.4, -0.2) is 48.0 Å². The van der Waals surface area contributed by atoms with Crippen molar-refractivity contribution in [2.75, 3.05) is 19.4 Å². The number of carbonyl (C=O) groups excluding carboxylic acids is 2. The van der Waals surface area contributed by atoms with Gasteiger partial charge in [-0.3, -0.25) is 9.59 Å². The molecule has 0 aromatic heterocycles. The number of rotatable bonds is 6. The molecule has 0 aliphatic carbocycles. The van der Waals surface area contributed by atoms with E-state index in [4.69, 9.17) is 4.74 Å². The minimum absolute atomic E-state index is 0.0259. The number of hydrogen-bond donors (Lipinski definition) is 2. The Balaban J connectivity index is 2.34. The normalized spacial score (nSPS) is 10.4. The Labute approximate surface area is 157 Å². The van der Waals surface area contributed by atoms with Gasteiger partial charge in [-0.05, 0) is 50.2 Å². The lowest BCUT2D eigenvalue weighted by atomic mass is 10.1. The fourth-order valence-corrected chi connectivity index (χ4v) is 2.36. The molecule has 2 N–H and O–H groups in total. The third-order valence-corrected chi connectivity index (χ3v) is 3.62. The molecule has 2 aromatic carbocycles. The highest BCUT2D eigenvalue weighted by atomic mass is 16.5. The second kappa shape index (κ2) is 8.35. The lowest BCUT2D eigenvalue weighted by Crippen LogP contribution is -2.22. The first-order valence-corrected chi connectivity index (χ1v) is 8.36. The van der Waals surface area contributed by atoms with Crippen LogP contribution in [0.5, 0.6) is 5.75 Å². The van der Waals surface area contributed by atoms with E-state index in [1.54, 1.807) is 32.3 Å². The highest BCUT2D eigenvalue weighted by molar-refractivity contribution is 6.07. The van der Waals surface area contributed by atoms with E-state index in [0.29, 0.717) is 11.3 Å². The summed E-state index contributed by atoms with van der Waals surface area (Å²) in [5, 5.41) is 11.9. The predicted octanol–water partition coefficient (Wildman–Crippen LogP) is 3.13. The van der Waals surface area contributed by atoms with Crippen molar-refractivity contribution in [3.63, 3.8) is 0 Å². The minimum atomic E-state index is -1.11. The smallest absolute Gasteiger partial charge is 0.335 e. The lowest BCUT2D eigenvalue weighted by Gasteiger charge is -2.16. The van der Waals surface area contributed by atoms with E-state index in [0.717, 1.165) is 0 Å². The summed E-state index contributed by atoms with van der Waals surface area (Å²) in [5.41, 5.74) is 0.931. The van der Waals surface area contributed by atoms with E-state index in [9.17, 15) is 19.5 Å². The molecule has 0 radical (unpaired) electrons. The second-order valence-corrected chi connectivity index (χ2v) is 6.42. The van der Waals surface area contributed by atoms with Crippen LogP contribution in [0.3, 0.4) is 0 Å². The van der Waals surface area contributed by atoms with Crippen LogP contribution in [0, 0.1) is 0 Å². The quantitative estimate of drug-likeness (QED) is 0.814. The molecule has 0 bridgehead atoms. The SMILES string of the molecule is CC(C)Oc1ccc(C(=O)O)cc1NC(=O)c1cccc(C(=O)N(C)C)c1. The molecule has 2 aromatic rings. The van der Waals surface area contributed by atoms with Gasteiger partial charge in [-0.2, -0.15) is 0 Å². The van der Waals surface area contributed by atoms with Crippen molar-refractivity contribution in [2.45, 2.75) is 20.0 Å². The van der Waals surface area contributed by atoms with Gasteiger partial charge in [0.2, 0.25) is 0 Å². The van der Waals surface area contributed by atoms with Gasteiger partial charge in [0.15, 0.2) is 0 Å². The molecule has 2 rings (SSSR count). The Kier molecular flexibility index (Phi) is 6.18. The maximum atomic E-state index is 12.6. The number of amides is 2. The Morgan fingerprint density at radius 3 is 2.26 bits per heavy atom. The average molecular weight is 370 g/mol. The molecule has 142 valence electrons. The fraction of sp³-hybridized carbons (Fsp3) is 0.250. The summed E-state index contributed by atoms with van der Waals surface area (Å²) >= 11 is 0. The number of carboxylic acids is 1. The van der Waals surface area contributed by atoms with Gasteiger partial charge in [0.1, 0.15) is 5.75 Å². The summed E-state index contributed by atoms with van der Waals surface area (Å²) in [6.07, 6.45) is -0.155. The number of ether oxygens (including phenoxy) is 1. The molecule has 0 fully saturated rings. The highest BCUT2D eigenvalue weighted by Crippen LogP contribution is 2.27. The summed E-state index contributed by atoms with van der Waals surface area (Å²) in [7, 11) is 3.25. The van der Waals surface area contributed by atoms with Crippen molar-refractivity contribution < 1.29 is 24.2 Å². The van der Waals surface area contributed by atoms with Crippen LogP contribution in [0.15, 0.2) is 42.5 Å². The van der Waals surface area contributed by atoms with E-state index >= 15 is 0 Å². The Morgan fingerprint density at radius 2 is 1.67 bits per heavy atom. The van der Waals surface area contributed by atoms with E-state index in [1.165, 1.54) is 29.2 Å². The maximum Gasteiger partial charge on any atom is 0.335 e. The highest BCUT2D eigenvalue weighted by Gasteiger charge is 2.16. The summed E-state index contributed by atoms with van der Waals surface area (Å²) < 4.78 is 5.64. The third-order valence-electron chi connectivity index (χ3n) is 3.62. The average Bonchev–Trinajstić information content (AvgIpc) is 2.61. The van der Waals surface area contributed by atoms with Crippen molar-refractivity contribution in [3.05, 3.63) is 59.2 Å². The van der Waals surface area contributed by atoms with Crippen molar-refractivity contribution in [1.29, 1.82) is 0 Å². The van der Waals surface area contributed by atoms with Crippen molar-refractivity contribution >= 4 is 23.5 Å². The molecule has 0 spiro atoms. The zero-order valence-electron chi connectivity index (χ0n) is 15.6. The standard InChI is InChI=1S/C20H22N2O5/c1-12(2)27-17-9-8-15(20(25)26)11-16(17)21-18(23)13-6-5-7-14(10-13)19(24)22(3)4/h5-12H,1-4H3,(H,21,23)(H,25,26). The minimum Gasteiger partial charge on any atom is -0.489 e. The zero-order chi connectivity index (χ0) is 20.1. The van der Waals surface area contributed by atoms with E-state index < -0.39 is 11.9 Å². The van der Waals surface area contributed by atoms with Crippen LogP contribution in [0.4, 0.5) is 5.69 Å². The van der Waals surface area contributed by atoms with Crippen LogP contribution in [-0.2, 0) is 0 Å². The molecule has 0 saturated carbocycles. The Hall–Kier alpha value is -3.35. The van der Waals surface area contributed by atoms with Crippen molar-refractivity contribution in [1.82, 2.24) is 4.90 Å². The molecule has 0 saturated heterocycles. The number of aromatic carboxylic acids is 1. The molecule has 0 aliphatic heterocycles. The molecule has 2 amide bonds. The predicted molar refractivity (Wildman–Crippen MR) is 102 cm³/mol. The van der Waals surface area contributed by atoms with Gasteiger partial charge in [0.25, 0.3) is 11.8 Å². The molecule has 0 unspecified atom stereocenters. The van der Waals surface area contributed by atoms with Gasteiger partial charge in [0, 0.05) is 25.2 Å². The van der Waals surface area contributed by atoms with Gasteiger partial charge < -0.3 is 20.1 Å². The van der Waals surface area contributed by atoms with Crippen LogP contribution in [0.25, 0.3) is 0 Å². The van der Waals surface area contributed by atoms with Gasteiger partial charge in [0.05, 0.1) is 17.4 Å². The number of benzene rings is 2. The number of carboxylic acid groups (broad SMARTS) is 1. The van der Waals surface area contributed by atoms with E-state index in [1.807, 2.05) is 13.8 Å². The van der Waals surface area contributed by atoms with Gasteiger partial charge in [-0.1, -0.05) is 6.07 Å². The topological polar surface area (TPSA) is 95.9 Å². The Bertz CT molecular complexity index is 874. The molecule has 7 nitrogen and oxygen atoms in total. The number of hydrogen-bond acceptors (Lipinski definition) is 4. The molecule has 27 heavy (non-hydrogen) atoms. The van der Waals surface area contributed by atoms with Crippen LogP contribution in [0.2, 0.25) is 0 Å². The van der Waals surface area contributed by atoms with Crippen molar-refractivity contribution in [2.24, 2.45) is 0 Å². The third kappa shape index (κ3) is 5.07. The summed E-state index contributed by atoms with van der Waals surface area (Å²) in [4.78, 5) is 37.4. The van der Waals surface area contributed by atoms with Gasteiger partial charge in [-0.15, -0.1) is 0 Å². The second-order valence-electron chi connectivity index (χ2n) is 6.42. The summed E-state index contributed by atoms with van der Waals surface area (Å²) in [6.45, 7) is 3.65. The van der Waals surface area contributed by atoms with E-state index in [-0.39, 0.29) is 28.8 Å². The monoisotopic (exact) mass is 370 g/mol. The molecule has 0 aliphatic rings. The van der Waals surface area contributed by atoms with Gasteiger partial charge >= 0.3 is 5.97 Å².